The molecule has 5 heteroatoms. The van der Waals surface area contributed by atoms with Gasteiger partial charge in [-0.1, -0.05) is 28.1 Å². The Labute approximate surface area is 118 Å². The van der Waals surface area contributed by atoms with Crippen LogP contribution in [0.25, 0.3) is 16.9 Å². The molecule has 3 rings (SSSR count). The van der Waals surface area contributed by atoms with E-state index >= 15 is 0 Å². The number of fused-ring (bicyclic) bond motifs is 1. The van der Waals surface area contributed by atoms with E-state index in [0.717, 1.165) is 27.1 Å². The zero-order valence-electron chi connectivity index (χ0n) is 10.1. The lowest BCUT2D eigenvalue weighted by atomic mass is 10.1. The van der Waals surface area contributed by atoms with Crippen molar-refractivity contribution in [2.24, 2.45) is 0 Å². The number of hydrogen-bond acceptors (Lipinski definition) is 3. The summed E-state index contributed by atoms with van der Waals surface area (Å²) in [6.07, 6.45) is 1.59. The Kier molecular flexibility index (Phi) is 2.80. The molecule has 0 radical (unpaired) electrons. The summed E-state index contributed by atoms with van der Waals surface area (Å²) in [5, 5.41) is 13.7. The van der Waals surface area contributed by atoms with Crippen molar-refractivity contribution in [1.82, 2.24) is 14.6 Å². The van der Waals surface area contributed by atoms with Gasteiger partial charge in [0.05, 0.1) is 17.0 Å². The van der Waals surface area contributed by atoms with Crippen molar-refractivity contribution in [2.75, 3.05) is 0 Å². The Morgan fingerprint density at radius 2 is 2.00 bits per heavy atom. The molecule has 0 fully saturated rings. The number of nitrogens with zero attached hydrogens (tertiary/aromatic N) is 4. The van der Waals surface area contributed by atoms with E-state index in [1.54, 1.807) is 10.7 Å². The average Bonchev–Trinajstić information content (AvgIpc) is 2.79. The van der Waals surface area contributed by atoms with Crippen LogP contribution in [0.3, 0.4) is 0 Å². The Morgan fingerprint density at radius 1 is 1.26 bits per heavy atom. The number of nitriles is 1. The maximum absolute atomic E-state index is 9.26. The molecule has 92 valence electrons. The number of hydrogen-bond donors (Lipinski definition) is 0. The van der Waals surface area contributed by atoms with Gasteiger partial charge in [-0.2, -0.15) is 10.4 Å². The second kappa shape index (κ2) is 4.48. The zero-order valence-corrected chi connectivity index (χ0v) is 11.7. The van der Waals surface area contributed by atoms with Crippen molar-refractivity contribution in [3.63, 3.8) is 0 Å². The second-order valence-corrected chi connectivity index (χ2v) is 5.11. The van der Waals surface area contributed by atoms with Crippen molar-refractivity contribution >= 4 is 21.6 Å². The maximum atomic E-state index is 9.26. The molecule has 0 unspecified atom stereocenters. The van der Waals surface area contributed by atoms with Crippen LogP contribution in [0.15, 0.2) is 41.0 Å². The van der Waals surface area contributed by atoms with Gasteiger partial charge in [-0.05, 0) is 19.1 Å². The highest BCUT2D eigenvalue weighted by Gasteiger charge is 2.12. The molecule has 2 aromatic heterocycles. The van der Waals surface area contributed by atoms with Crippen LogP contribution in [-0.2, 0) is 0 Å². The van der Waals surface area contributed by atoms with Gasteiger partial charge < -0.3 is 0 Å². The van der Waals surface area contributed by atoms with Crippen LogP contribution in [0.5, 0.6) is 0 Å². The third-order valence-corrected chi connectivity index (χ3v) is 3.37. The molecule has 0 aliphatic heterocycles. The molecular weight excluding hydrogens is 304 g/mol. The van der Waals surface area contributed by atoms with Gasteiger partial charge in [-0.25, -0.2) is 9.50 Å². The number of aryl methyl sites for hydroxylation is 1. The Hall–Kier alpha value is -2.19. The molecule has 2 heterocycles. The minimum absolute atomic E-state index is 0.512. The molecule has 0 aliphatic rings. The fourth-order valence-corrected chi connectivity index (χ4v) is 2.28. The van der Waals surface area contributed by atoms with E-state index < -0.39 is 0 Å². The predicted molar refractivity (Wildman–Crippen MR) is 75.6 cm³/mol. The lowest BCUT2D eigenvalue weighted by molar-refractivity contribution is 0.921. The first kappa shape index (κ1) is 11.9. The van der Waals surface area contributed by atoms with E-state index in [9.17, 15) is 5.26 Å². The smallest absolute Gasteiger partial charge is 0.155 e. The lowest BCUT2D eigenvalue weighted by Gasteiger charge is -2.06. The highest BCUT2D eigenvalue weighted by atomic mass is 79.9. The van der Waals surface area contributed by atoms with Crippen LogP contribution in [0.4, 0.5) is 0 Å². The van der Waals surface area contributed by atoms with Crippen molar-refractivity contribution in [3.05, 3.63) is 52.3 Å². The van der Waals surface area contributed by atoms with Gasteiger partial charge in [0.25, 0.3) is 0 Å². The molecule has 1 aromatic carbocycles. The molecular formula is C14H9BrN4. The maximum Gasteiger partial charge on any atom is 0.155 e. The van der Waals surface area contributed by atoms with Gasteiger partial charge in [0.1, 0.15) is 6.07 Å². The Balaban J connectivity index is 2.37. The van der Waals surface area contributed by atoms with Gasteiger partial charge in [0, 0.05) is 22.3 Å². The third-order valence-electron chi connectivity index (χ3n) is 2.84. The van der Waals surface area contributed by atoms with Gasteiger partial charge in [-0.15, -0.1) is 0 Å². The molecule has 4 nitrogen and oxygen atoms in total. The molecule has 0 aliphatic carbocycles. The van der Waals surface area contributed by atoms with Crippen LogP contribution in [-0.4, -0.2) is 14.6 Å². The third kappa shape index (κ3) is 2.00. The van der Waals surface area contributed by atoms with E-state index in [2.05, 4.69) is 32.1 Å². The standard InChI is InChI=1S/C14H9BrN4/c1-9-6-13-17-8-11(7-16)14(19(13)18-9)10-2-4-12(15)5-3-10/h2-6,8H,1H3. The van der Waals surface area contributed by atoms with Crippen molar-refractivity contribution in [3.8, 4) is 17.3 Å². The van der Waals surface area contributed by atoms with Crippen LogP contribution in [0.1, 0.15) is 11.3 Å². The minimum atomic E-state index is 0.512. The summed E-state index contributed by atoms with van der Waals surface area (Å²) in [6, 6.07) is 11.9. The van der Waals surface area contributed by atoms with Crippen LogP contribution < -0.4 is 0 Å². The summed E-state index contributed by atoms with van der Waals surface area (Å²) >= 11 is 3.41. The number of benzene rings is 1. The van der Waals surface area contributed by atoms with Gasteiger partial charge in [-0.3, -0.25) is 0 Å². The monoisotopic (exact) mass is 312 g/mol. The summed E-state index contributed by atoms with van der Waals surface area (Å²) in [5.74, 6) is 0. The molecule has 0 amide bonds. The highest BCUT2D eigenvalue weighted by molar-refractivity contribution is 9.10. The summed E-state index contributed by atoms with van der Waals surface area (Å²) in [6.45, 7) is 1.91. The number of aromatic nitrogens is 3. The van der Waals surface area contributed by atoms with E-state index in [1.807, 2.05) is 37.3 Å². The van der Waals surface area contributed by atoms with Crippen LogP contribution in [0.2, 0.25) is 0 Å². The fourth-order valence-electron chi connectivity index (χ4n) is 2.02. The van der Waals surface area contributed by atoms with Gasteiger partial charge in [0.2, 0.25) is 0 Å². The first-order valence-corrected chi connectivity index (χ1v) is 6.50. The Bertz CT molecular complexity index is 797. The molecule has 3 aromatic rings. The van der Waals surface area contributed by atoms with Crippen LogP contribution in [0, 0.1) is 18.3 Å². The molecule has 0 atom stereocenters. The summed E-state index contributed by atoms with van der Waals surface area (Å²) in [4.78, 5) is 4.25. The first-order chi connectivity index (χ1) is 9.19. The predicted octanol–water partition coefficient (Wildman–Crippen LogP) is 3.34. The van der Waals surface area contributed by atoms with Crippen molar-refractivity contribution in [1.29, 1.82) is 5.26 Å². The molecule has 0 saturated heterocycles. The van der Waals surface area contributed by atoms with E-state index in [1.165, 1.54) is 0 Å². The molecule has 0 spiro atoms. The fraction of sp³-hybridized carbons (Fsp3) is 0.0714. The van der Waals surface area contributed by atoms with Crippen LogP contribution >= 0.6 is 15.9 Å². The second-order valence-electron chi connectivity index (χ2n) is 4.19. The van der Waals surface area contributed by atoms with Crippen molar-refractivity contribution < 1.29 is 0 Å². The highest BCUT2D eigenvalue weighted by Crippen LogP contribution is 2.25. The number of rotatable bonds is 1. The topological polar surface area (TPSA) is 54.0 Å². The SMILES string of the molecule is Cc1cc2ncc(C#N)c(-c3ccc(Br)cc3)n2n1. The minimum Gasteiger partial charge on any atom is -0.236 e. The normalized spacial score (nSPS) is 10.6. The van der Waals surface area contributed by atoms with E-state index in [0.29, 0.717) is 5.56 Å². The van der Waals surface area contributed by atoms with Gasteiger partial charge in [0.15, 0.2) is 5.65 Å². The van der Waals surface area contributed by atoms with E-state index in [4.69, 9.17) is 0 Å². The molecule has 0 saturated carbocycles. The molecule has 0 N–H and O–H groups in total. The first-order valence-electron chi connectivity index (χ1n) is 5.70. The van der Waals surface area contributed by atoms with Gasteiger partial charge >= 0.3 is 0 Å². The molecule has 0 bridgehead atoms. The summed E-state index contributed by atoms with van der Waals surface area (Å²) in [7, 11) is 0. The zero-order chi connectivity index (χ0) is 13.4. The van der Waals surface area contributed by atoms with Crippen molar-refractivity contribution in [2.45, 2.75) is 6.92 Å². The summed E-state index contributed by atoms with van der Waals surface area (Å²) < 4.78 is 2.72. The lowest BCUT2D eigenvalue weighted by Crippen LogP contribution is -1.99. The molecule has 19 heavy (non-hydrogen) atoms. The largest absolute Gasteiger partial charge is 0.236 e. The Morgan fingerprint density at radius 3 is 2.68 bits per heavy atom. The quantitative estimate of drug-likeness (QED) is 0.692. The van der Waals surface area contributed by atoms with E-state index in [-0.39, 0.29) is 0 Å². The summed E-state index contributed by atoms with van der Waals surface area (Å²) in [5.41, 5.74) is 3.84. The average molecular weight is 313 g/mol. The number of halogens is 1.